The van der Waals surface area contributed by atoms with Crippen LogP contribution in [0.25, 0.3) is 5.57 Å². The molecule has 150 valence electrons. The highest BCUT2D eigenvalue weighted by Crippen LogP contribution is 2.40. The molecule has 4 heteroatoms. The van der Waals surface area contributed by atoms with Crippen LogP contribution in [-0.4, -0.2) is 26.3 Å². The molecule has 0 spiro atoms. The molecule has 0 atom stereocenters. The molecule has 0 N–H and O–H groups in total. The molecule has 2 nitrogen and oxygen atoms in total. The van der Waals surface area contributed by atoms with Gasteiger partial charge in [-0.2, -0.15) is 0 Å². The van der Waals surface area contributed by atoms with Gasteiger partial charge in [0, 0.05) is 13.1 Å². The summed E-state index contributed by atoms with van der Waals surface area (Å²) in [7, 11) is -1.96. The molecule has 0 amide bonds. The lowest BCUT2D eigenvalue weighted by molar-refractivity contribution is 0.233. The van der Waals surface area contributed by atoms with E-state index in [0.29, 0.717) is 0 Å². The summed E-state index contributed by atoms with van der Waals surface area (Å²) >= 11 is 0. The molecule has 2 aromatic rings. The zero-order valence-electron chi connectivity index (χ0n) is 17.8. The van der Waals surface area contributed by atoms with Crippen molar-refractivity contribution in [3.05, 3.63) is 77.3 Å². The lowest BCUT2D eigenvalue weighted by atomic mass is 9.98. The minimum Gasteiger partial charge on any atom is -0.545 e. The van der Waals surface area contributed by atoms with E-state index in [1.165, 1.54) is 11.1 Å². The van der Waals surface area contributed by atoms with Gasteiger partial charge in [-0.05, 0) is 53.4 Å². The van der Waals surface area contributed by atoms with Crippen LogP contribution in [0.15, 0.2) is 60.4 Å². The van der Waals surface area contributed by atoms with Gasteiger partial charge in [-0.25, -0.2) is 4.39 Å². The van der Waals surface area contributed by atoms with Gasteiger partial charge in [-0.15, -0.1) is 0 Å². The summed E-state index contributed by atoms with van der Waals surface area (Å²) in [6, 6.07) is 17.4. The Morgan fingerprint density at radius 1 is 1.00 bits per heavy atom. The van der Waals surface area contributed by atoms with Gasteiger partial charge in [0.05, 0.1) is 12.3 Å². The van der Waals surface area contributed by atoms with Gasteiger partial charge >= 0.3 is 0 Å². The molecule has 28 heavy (non-hydrogen) atoms. The Balaban J connectivity index is 1.90. The van der Waals surface area contributed by atoms with E-state index in [1.54, 1.807) is 12.1 Å². The zero-order chi connectivity index (χ0) is 20.4. The second-order valence-electron chi connectivity index (χ2n) is 9.22. The molecule has 0 fully saturated rings. The third-order valence-corrected chi connectivity index (χ3v) is 10.4. The van der Waals surface area contributed by atoms with Crippen LogP contribution in [0.4, 0.5) is 4.39 Å². The first-order valence-electron chi connectivity index (χ1n) is 10.1. The lowest BCUT2D eigenvalue weighted by Crippen LogP contribution is -2.43. The van der Waals surface area contributed by atoms with Crippen LogP contribution in [0.1, 0.15) is 38.3 Å². The van der Waals surface area contributed by atoms with Crippen molar-refractivity contribution in [2.75, 3.05) is 13.1 Å². The van der Waals surface area contributed by atoms with Gasteiger partial charge in [0.2, 0.25) is 8.32 Å². The minimum atomic E-state index is -1.96. The normalized spacial score (nSPS) is 16.4. The van der Waals surface area contributed by atoms with E-state index in [0.717, 1.165) is 37.4 Å². The highest BCUT2D eigenvalue weighted by Gasteiger charge is 2.40. The summed E-state index contributed by atoms with van der Waals surface area (Å²) in [5.41, 5.74) is 3.63. The van der Waals surface area contributed by atoms with Crippen molar-refractivity contribution in [2.45, 2.75) is 51.9 Å². The Labute approximate surface area is 170 Å². The van der Waals surface area contributed by atoms with E-state index >= 15 is 0 Å². The summed E-state index contributed by atoms with van der Waals surface area (Å²) < 4.78 is 20.2. The molecule has 2 aromatic carbocycles. The van der Waals surface area contributed by atoms with Gasteiger partial charge in [0.15, 0.2) is 0 Å². The summed E-state index contributed by atoms with van der Waals surface area (Å²) in [5.74, 6) is 0.873. The molecule has 0 saturated carbocycles. The molecule has 0 bridgehead atoms. The number of rotatable bonds is 5. The van der Waals surface area contributed by atoms with E-state index in [-0.39, 0.29) is 10.9 Å². The van der Waals surface area contributed by atoms with Gasteiger partial charge in [0.25, 0.3) is 0 Å². The molecule has 1 aliphatic rings. The summed E-state index contributed by atoms with van der Waals surface area (Å²) in [6.07, 6.45) is 0.919. The number of benzene rings is 2. The van der Waals surface area contributed by atoms with Crippen LogP contribution in [0.3, 0.4) is 0 Å². The van der Waals surface area contributed by atoms with Crippen LogP contribution < -0.4 is 0 Å². The van der Waals surface area contributed by atoms with Gasteiger partial charge in [-0.1, -0.05) is 63.2 Å². The first-order chi connectivity index (χ1) is 13.2. The molecule has 0 saturated heterocycles. The monoisotopic (exact) mass is 397 g/mol. The van der Waals surface area contributed by atoms with Crippen molar-refractivity contribution in [1.29, 1.82) is 0 Å². The first kappa shape index (κ1) is 20.8. The highest BCUT2D eigenvalue weighted by molar-refractivity contribution is 6.74. The predicted molar refractivity (Wildman–Crippen MR) is 118 cm³/mol. The topological polar surface area (TPSA) is 12.5 Å². The Kier molecular flexibility index (Phi) is 6.11. The number of hydrogen-bond acceptors (Lipinski definition) is 2. The van der Waals surface area contributed by atoms with E-state index in [1.807, 2.05) is 12.1 Å². The van der Waals surface area contributed by atoms with Crippen molar-refractivity contribution in [1.82, 2.24) is 4.90 Å². The summed E-state index contributed by atoms with van der Waals surface area (Å²) in [4.78, 5) is 2.45. The fourth-order valence-electron chi connectivity index (χ4n) is 3.27. The summed E-state index contributed by atoms with van der Waals surface area (Å²) in [6.45, 7) is 14.1. The Bertz CT molecular complexity index is 822. The standard InChI is InChI=1S/C24H32FNOSi/c1-24(2,3)28(4,5)27-23-18-26(17-19-9-7-6-8-10-19)16-15-22(23)20-11-13-21(25)14-12-20/h6-14H,15-18H2,1-5H3. The molecular weight excluding hydrogens is 365 g/mol. The van der Waals surface area contributed by atoms with Gasteiger partial charge in [-0.3, -0.25) is 4.90 Å². The third kappa shape index (κ3) is 4.92. The highest BCUT2D eigenvalue weighted by atomic mass is 28.4. The number of halogens is 1. The molecule has 0 aliphatic carbocycles. The van der Waals surface area contributed by atoms with Crippen molar-refractivity contribution < 1.29 is 8.82 Å². The van der Waals surface area contributed by atoms with Crippen LogP contribution in [0.2, 0.25) is 18.1 Å². The SMILES string of the molecule is CC(C)(C)[Si](C)(C)OC1=C(c2ccc(F)cc2)CCN(Cc2ccccc2)C1. The van der Waals surface area contributed by atoms with E-state index < -0.39 is 8.32 Å². The second-order valence-corrected chi connectivity index (χ2v) is 13.9. The fourth-order valence-corrected chi connectivity index (χ4v) is 4.38. The molecule has 3 rings (SSSR count). The van der Waals surface area contributed by atoms with E-state index in [4.69, 9.17) is 4.43 Å². The zero-order valence-corrected chi connectivity index (χ0v) is 18.8. The second kappa shape index (κ2) is 8.22. The van der Waals surface area contributed by atoms with Gasteiger partial charge < -0.3 is 4.43 Å². The molecule has 0 radical (unpaired) electrons. The molecule has 0 aromatic heterocycles. The summed E-state index contributed by atoms with van der Waals surface area (Å²) in [5, 5.41) is 0.135. The van der Waals surface area contributed by atoms with E-state index in [2.05, 4.69) is 69.1 Å². The van der Waals surface area contributed by atoms with Crippen LogP contribution in [0.5, 0.6) is 0 Å². The number of nitrogens with zero attached hydrogens (tertiary/aromatic N) is 1. The molecule has 0 unspecified atom stereocenters. The van der Waals surface area contributed by atoms with Crippen molar-refractivity contribution in [2.24, 2.45) is 0 Å². The lowest BCUT2D eigenvalue weighted by Gasteiger charge is -2.41. The Morgan fingerprint density at radius 3 is 2.25 bits per heavy atom. The minimum absolute atomic E-state index is 0.135. The third-order valence-electron chi connectivity index (χ3n) is 6.01. The smallest absolute Gasteiger partial charge is 0.250 e. The molecule has 1 heterocycles. The quantitative estimate of drug-likeness (QED) is 0.537. The fraction of sp³-hybridized carbons (Fsp3) is 0.417. The maximum absolute atomic E-state index is 13.4. The van der Waals surface area contributed by atoms with Crippen LogP contribution in [0, 0.1) is 5.82 Å². The van der Waals surface area contributed by atoms with E-state index in [9.17, 15) is 4.39 Å². The Morgan fingerprint density at radius 2 is 1.64 bits per heavy atom. The van der Waals surface area contributed by atoms with Gasteiger partial charge in [0.1, 0.15) is 5.82 Å². The Hall–Kier alpha value is -1.91. The maximum Gasteiger partial charge on any atom is 0.250 e. The van der Waals surface area contributed by atoms with Crippen molar-refractivity contribution in [3.8, 4) is 0 Å². The average molecular weight is 398 g/mol. The van der Waals surface area contributed by atoms with Crippen molar-refractivity contribution in [3.63, 3.8) is 0 Å². The number of hydrogen-bond donors (Lipinski definition) is 0. The van der Waals surface area contributed by atoms with Crippen LogP contribution >= 0.6 is 0 Å². The predicted octanol–water partition coefficient (Wildman–Crippen LogP) is 6.46. The molecule has 1 aliphatic heterocycles. The maximum atomic E-state index is 13.4. The largest absolute Gasteiger partial charge is 0.545 e. The first-order valence-corrected chi connectivity index (χ1v) is 13.0. The average Bonchev–Trinajstić information content (AvgIpc) is 2.62. The van der Waals surface area contributed by atoms with Crippen LogP contribution in [-0.2, 0) is 11.0 Å². The molecular formula is C24H32FNOSi. The van der Waals surface area contributed by atoms with Crippen molar-refractivity contribution >= 4 is 13.9 Å².